The largest absolute Gasteiger partial charge is 0.486 e. The molecule has 4 rings (SSSR count). The molecule has 0 bridgehead atoms. The summed E-state index contributed by atoms with van der Waals surface area (Å²) in [5.74, 6) is 1.01. The predicted molar refractivity (Wildman–Crippen MR) is 95.0 cm³/mol. The van der Waals surface area contributed by atoms with E-state index < -0.39 is 10.0 Å². The van der Waals surface area contributed by atoms with E-state index in [1.807, 2.05) is 35.0 Å². The zero-order chi connectivity index (χ0) is 18.0. The van der Waals surface area contributed by atoms with Gasteiger partial charge in [-0.1, -0.05) is 12.1 Å². The van der Waals surface area contributed by atoms with Gasteiger partial charge in [0.25, 0.3) is 0 Å². The van der Waals surface area contributed by atoms with Crippen molar-refractivity contribution < 1.29 is 17.9 Å². The second-order valence-corrected chi connectivity index (χ2v) is 7.53. The Morgan fingerprint density at radius 2 is 1.81 bits per heavy atom. The highest BCUT2D eigenvalue weighted by Crippen LogP contribution is 2.32. The van der Waals surface area contributed by atoms with E-state index in [9.17, 15) is 8.42 Å². The fraction of sp³-hybridized carbons (Fsp3) is 0.167. The molecule has 3 aromatic rings. The molecule has 1 aliphatic heterocycles. The third-order valence-electron chi connectivity index (χ3n) is 4.03. The van der Waals surface area contributed by atoms with Gasteiger partial charge in [-0.25, -0.2) is 18.1 Å². The topological polar surface area (TPSA) is 82.5 Å². The van der Waals surface area contributed by atoms with Crippen LogP contribution in [0.15, 0.2) is 66.1 Å². The van der Waals surface area contributed by atoms with Gasteiger partial charge in [0.1, 0.15) is 13.2 Å². The van der Waals surface area contributed by atoms with Crippen molar-refractivity contribution in [3.63, 3.8) is 0 Å². The molecular formula is C18H17N3O4S. The number of aromatic nitrogens is 2. The van der Waals surface area contributed by atoms with Gasteiger partial charge in [0, 0.05) is 30.7 Å². The Morgan fingerprint density at radius 3 is 2.54 bits per heavy atom. The van der Waals surface area contributed by atoms with Crippen molar-refractivity contribution >= 4 is 10.0 Å². The molecule has 0 saturated heterocycles. The van der Waals surface area contributed by atoms with E-state index in [0.29, 0.717) is 24.7 Å². The van der Waals surface area contributed by atoms with Crippen LogP contribution in [-0.2, 0) is 16.6 Å². The van der Waals surface area contributed by atoms with Gasteiger partial charge in [-0.3, -0.25) is 0 Å². The van der Waals surface area contributed by atoms with Crippen molar-refractivity contribution in [2.45, 2.75) is 11.4 Å². The highest BCUT2D eigenvalue weighted by molar-refractivity contribution is 7.89. The van der Waals surface area contributed by atoms with E-state index >= 15 is 0 Å². The van der Waals surface area contributed by atoms with E-state index in [1.54, 1.807) is 18.6 Å². The molecule has 2 aromatic carbocycles. The van der Waals surface area contributed by atoms with Gasteiger partial charge in [0.05, 0.1) is 11.2 Å². The van der Waals surface area contributed by atoms with E-state index in [0.717, 1.165) is 11.3 Å². The number of rotatable bonds is 5. The molecule has 0 amide bonds. The fourth-order valence-corrected chi connectivity index (χ4v) is 3.68. The second kappa shape index (κ2) is 6.81. The van der Waals surface area contributed by atoms with Crippen LogP contribution in [0.25, 0.3) is 5.69 Å². The maximum atomic E-state index is 12.5. The van der Waals surface area contributed by atoms with Crippen LogP contribution in [0.3, 0.4) is 0 Å². The molecule has 26 heavy (non-hydrogen) atoms. The predicted octanol–water partition coefficient (Wildman–Crippen LogP) is 2.12. The van der Waals surface area contributed by atoms with Gasteiger partial charge in [-0.15, -0.1) is 0 Å². The van der Waals surface area contributed by atoms with Crippen molar-refractivity contribution in [1.82, 2.24) is 14.3 Å². The summed E-state index contributed by atoms with van der Waals surface area (Å²) in [5.41, 5.74) is 1.82. The highest BCUT2D eigenvalue weighted by atomic mass is 32.2. The molecule has 0 saturated carbocycles. The summed E-state index contributed by atoms with van der Waals surface area (Å²) < 4.78 is 40.4. The molecule has 0 atom stereocenters. The number of sulfonamides is 1. The Balaban J connectivity index is 1.46. The van der Waals surface area contributed by atoms with Crippen LogP contribution in [0.1, 0.15) is 5.56 Å². The van der Waals surface area contributed by atoms with E-state index in [-0.39, 0.29) is 11.4 Å². The normalized spacial score (nSPS) is 13.5. The average Bonchev–Trinajstić information content (AvgIpc) is 3.21. The Labute approximate surface area is 151 Å². The molecule has 0 aliphatic carbocycles. The first-order valence-corrected chi connectivity index (χ1v) is 9.57. The minimum atomic E-state index is -3.65. The Kier molecular flexibility index (Phi) is 4.36. The highest BCUT2D eigenvalue weighted by Gasteiger charge is 2.19. The minimum absolute atomic E-state index is 0.150. The molecule has 1 N–H and O–H groups in total. The quantitative estimate of drug-likeness (QED) is 0.743. The lowest BCUT2D eigenvalue weighted by Crippen LogP contribution is -2.23. The Hall–Kier alpha value is -2.84. The van der Waals surface area contributed by atoms with Crippen LogP contribution in [0.5, 0.6) is 11.5 Å². The Morgan fingerprint density at radius 1 is 1.04 bits per heavy atom. The van der Waals surface area contributed by atoms with E-state index in [1.165, 1.54) is 12.1 Å². The molecule has 1 aliphatic rings. The summed E-state index contributed by atoms with van der Waals surface area (Å²) in [6.45, 7) is 1.07. The number of nitrogens with zero attached hydrogens (tertiary/aromatic N) is 2. The number of ether oxygens (including phenoxy) is 2. The molecule has 0 spiro atoms. The summed E-state index contributed by atoms with van der Waals surface area (Å²) in [6, 6.07) is 12.2. The monoisotopic (exact) mass is 371 g/mol. The second-order valence-electron chi connectivity index (χ2n) is 5.77. The lowest BCUT2D eigenvalue weighted by molar-refractivity contribution is 0.171. The van der Waals surface area contributed by atoms with Crippen molar-refractivity contribution in [3.05, 3.63) is 66.7 Å². The average molecular weight is 371 g/mol. The molecule has 0 fully saturated rings. The van der Waals surface area contributed by atoms with Crippen LogP contribution in [0, 0.1) is 0 Å². The first kappa shape index (κ1) is 16.6. The van der Waals surface area contributed by atoms with Crippen LogP contribution in [0.2, 0.25) is 0 Å². The lowest BCUT2D eigenvalue weighted by atomic mass is 10.2. The standard InChI is InChI=1S/C18H17N3O4S/c22-26(23,16-5-6-17-18(11-16)25-10-9-24-17)20-12-14-1-3-15(4-2-14)21-8-7-19-13-21/h1-8,11,13,20H,9-10,12H2. The van der Waals surface area contributed by atoms with Crippen LogP contribution in [-0.4, -0.2) is 31.2 Å². The van der Waals surface area contributed by atoms with Gasteiger partial charge >= 0.3 is 0 Å². The van der Waals surface area contributed by atoms with E-state index in [4.69, 9.17) is 9.47 Å². The number of imidazole rings is 1. The number of benzene rings is 2. The third kappa shape index (κ3) is 3.42. The zero-order valence-corrected chi connectivity index (χ0v) is 14.6. The van der Waals surface area contributed by atoms with Gasteiger partial charge in [0.2, 0.25) is 10.0 Å². The lowest BCUT2D eigenvalue weighted by Gasteiger charge is -2.19. The SMILES string of the molecule is O=S(=O)(NCc1ccc(-n2ccnc2)cc1)c1ccc2c(c1)OCCO2. The van der Waals surface area contributed by atoms with Crippen molar-refractivity contribution in [2.24, 2.45) is 0 Å². The summed E-state index contributed by atoms with van der Waals surface area (Å²) in [5, 5.41) is 0. The molecule has 2 heterocycles. The van der Waals surface area contributed by atoms with Crippen molar-refractivity contribution in [1.29, 1.82) is 0 Å². The molecule has 134 valence electrons. The van der Waals surface area contributed by atoms with Gasteiger partial charge in [-0.2, -0.15) is 0 Å². The van der Waals surface area contributed by atoms with Crippen molar-refractivity contribution in [2.75, 3.05) is 13.2 Å². The van der Waals surface area contributed by atoms with E-state index in [2.05, 4.69) is 9.71 Å². The first-order chi connectivity index (χ1) is 12.6. The summed E-state index contributed by atoms with van der Waals surface area (Å²) >= 11 is 0. The van der Waals surface area contributed by atoms with Crippen molar-refractivity contribution in [3.8, 4) is 17.2 Å². The number of fused-ring (bicyclic) bond motifs is 1. The fourth-order valence-electron chi connectivity index (χ4n) is 2.65. The summed E-state index contributed by atoms with van der Waals surface area (Å²) in [6.07, 6.45) is 5.26. The maximum absolute atomic E-state index is 12.5. The van der Waals surface area contributed by atoms with Crippen LogP contribution in [0.4, 0.5) is 0 Å². The number of hydrogen-bond donors (Lipinski definition) is 1. The molecule has 8 heteroatoms. The summed E-state index contributed by atoms with van der Waals surface area (Å²) in [7, 11) is -3.65. The molecule has 7 nitrogen and oxygen atoms in total. The molecule has 0 radical (unpaired) electrons. The van der Waals surface area contributed by atoms with Gasteiger partial charge in [0.15, 0.2) is 11.5 Å². The molecule has 0 unspecified atom stereocenters. The molecule has 1 aromatic heterocycles. The third-order valence-corrected chi connectivity index (χ3v) is 5.43. The van der Waals surface area contributed by atoms with Crippen LogP contribution < -0.4 is 14.2 Å². The van der Waals surface area contributed by atoms with Crippen LogP contribution >= 0.6 is 0 Å². The first-order valence-electron chi connectivity index (χ1n) is 8.08. The van der Waals surface area contributed by atoms with Gasteiger partial charge < -0.3 is 14.0 Å². The Bertz CT molecular complexity index is 999. The maximum Gasteiger partial charge on any atom is 0.241 e. The minimum Gasteiger partial charge on any atom is -0.486 e. The zero-order valence-electron chi connectivity index (χ0n) is 13.8. The number of hydrogen-bond acceptors (Lipinski definition) is 5. The molecular weight excluding hydrogens is 354 g/mol. The van der Waals surface area contributed by atoms with Gasteiger partial charge in [-0.05, 0) is 29.8 Å². The number of nitrogens with one attached hydrogen (secondary N) is 1. The summed E-state index contributed by atoms with van der Waals surface area (Å²) in [4.78, 5) is 4.16. The smallest absolute Gasteiger partial charge is 0.241 e.